The Kier molecular flexibility index (Phi) is 2.99. The molecule has 0 aromatic carbocycles. The summed E-state index contributed by atoms with van der Waals surface area (Å²) in [5.41, 5.74) is -1.20. The van der Waals surface area contributed by atoms with Gasteiger partial charge in [-0.2, -0.15) is 5.26 Å². The van der Waals surface area contributed by atoms with Crippen LogP contribution in [0.25, 0.3) is 0 Å². The van der Waals surface area contributed by atoms with Crippen molar-refractivity contribution in [3.8, 4) is 6.07 Å². The van der Waals surface area contributed by atoms with Crippen LogP contribution < -0.4 is 24.0 Å². The number of rotatable bonds is 1. The number of hydrogen-bond acceptors (Lipinski definition) is 2. The van der Waals surface area contributed by atoms with Crippen LogP contribution in [0.1, 0.15) is 52.4 Å². The Morgan fingerprint density at radius 3 is 1.88 bits per heavy atom. The van der Waals surface area contributed by atoms with E-state index in [0.29, 0.717) is 0 Å². The summed E-state index contributed by atoms with van der Waals surface area (Å²) in [4.78, 5) is 0. The van der Waals surface area contributed by atoms with Crippen LogP contribution in [0, 0.1) is 34.0 Å². The van der Waals surface area contributed by atoms with Gasteiger partial charge in [-0.1, -0.05) is 19.4 Å². The molecule has 0 spiro atoms. The van der Waals surface area contributed by atoms with Crippen molar-refractivity contribution >= 4 is 0 Å². The molecule has 0 aromatic rings. The minimum absolute atomic E-state index is 0. The molecule has 4 saturated carbocycles. The summed E-state index contributed by atoms with van der Waals surface area (Å²) in [6.07, 6.45) is 5.84. The van der Waals surface area contributed by atoms with Gasteiger partial charge in [-0.05, 0) is 54.8 Å². The Morgan fingerprint density at radius 2 is 1.53 bits per heavy atom. The molecule has 0 saturated heterocycles. The molecule has 0 aliphatic heterocycles. The monoisotopic (exact) mass is 225 g/mol. The van der Waals surface area contributed by atoms with E-state index >= 15 is 0 Å². The quantitative estimate of drug-likeness (QED) is 0.551. The van der Waals surface area contributed by atoms with Crippen LogP contribution in [0.15, 0.2) is 0 Å². The maximum Gasteiger partial charge on any atom is 1.00 e. The van der Waals surface area contributed by atoms with E-state index in [4.69, 9.17) is 5.26 Å². The molecule has 4 fully saturated rings. The van der Waals surface area contributed by atoms with Crippen LogP contribution in [0.5, 0.6) is 0 Å². The fourth-order valence-corrected chi connectivity index (χ4v) is 5.59. The fourth-order valence-electron chi connectivity index (χ4n) is 5.59. The van der Waals surface area contributed by atoms with Crippen molar-refractivity contribution in [2.24, 2.45) is 22.7 Å². The summed E-state index contributed by atoms with van der Waals surface area (Å²) in [5.74, 6) is 1.53. The summed E-state index contributed by atoms with van der Waals surface area (Å²) in [7, 11) is 0. The Morgan fingerprint density at radius 1 is 1.12 bits per heavy atom. The molecular formula is C14H20LiNO. The SMILES string of the molecule is CC12CC3CC(C1)CC(C)(C3)C2([O-])CC#N.[Li+]. The molecular weight excluding hydrogens is 205 g/mol. The van der Waals surface area contributed by atoms with Gasteiger partial charge in [0, 0.05) is 6.42 Å². The normalized spacial score (nSPS) is 55.2. The predicted molar refractivity (Wildman–Crippen MR) is 59.2 cm³/mol. The third kappa shape index (κ3) is 1.49. The maximum atomic E-state index is 13.3. The van der Waals surface area contributed by atoms with Crippen molar-refractivity contribution < 1.29 is 24.0 Å². The molecule has 0 heterocycles. The first-order valence-corrected chi connectivity index (χ1v) is 6.50. The number of hydrogen-bond donors (Lipinski definition) is 0. The van der Waals surface area contributed by atoms with Crippen molar-refractivity contribution in [3.63, 3.8) is 0 Å². The third-order valence-electron chi connectivity index (χ3n) is 5.90. The van der Waals surface area contributed by atoms with E-state index < -0.39 is 5.60 Å². The van der Waals surface area contributed by atoms with E-state index in [1.165, 1.54) is 6.42 Å². The van der Waals surface area contributed by atoms with Crippen LogP contribution in [0.3, 0.4) is 0 Å². The summed E-state index contributed by atoms with van der Waals surface area (Å²) in [5, 5.41) is 22.2. The first kappa shape index (κ1) is 13.5. The fraction of sp³-hybridized carbons (Fsp3) is 0.929. The molecule has 4 bridgehead atoms. The second-order valence-corrected chi connectivity index (χ2v) is 7.07. The minimum atomic E-state index is -0.984. The molecule has 3 heteroatoms. The molecule has 4 rings (SSSR count). The molecule has 2 nitrogen and oxygen atoms in total. The second kappa shape index (κ2) is 3.77. The van der Waals surface area contributed by atoms with Crippen molar-refractivity contribution in [2.75, 3.05) is 0 Å². The molecule has 4 aliphatic carbocycles. The molecule has 0 unspecified atom stereocenters. The zero-order valence-electron chi connectivity index (χ0n) is 11.3. The molecule has 0 amide bonds. The van der Waals surface area contributed by atoms with Gasteiger partial charge in [0.25, 0.3) is 0 Å². The zero-order valence-corrected chi connectivity index (χ0v) is 11.3. The molecule has 0 N–H and O–H groups in total. The van der Waals surface area contributed by atoms with Crippen LogP contribution in [0.4, 0.5) is 0 Å². The number of nitrogens with zero attached hydrogens (tertiary/aromatic N) is 1. The molecule has 17 heavy (non-hydrogen) atoms. The van der Waals surface area contributed by atoms with Crippen LogP contribution in [-0.4, -0.2) is 5.60 Å². The van der Waals surface area contributed by atoms with Crippen molar-refractivity contribution in [1.82, 2.24) is 0 Å². The average molecular weight is 225 g/mol. The van der Waals surface area contributed by atoms with E-state index in [0.717, 1.165) is 37.5 Å². The van der Waals surface area contributed by atoms with Gasteiger partial charge in [-0.25, -0.2) is 0 Å². The van der Waals surface area contributed by atoms with Crippen molar-refractivity contribution in [1.29, 1.82) is 5.26 Å². The first-order valence-electron chi connectivity index (χ1n) is 6.50. The largest absolute Gasteiger partial charge is 1.00 e. The van der Waals surface area contributed by atoms with E-state index in [9.17, 15) is 5.11 Å². The predicted octanol–water partition coefficient (Wildman–Crippen LogP) is -0.761. The third-order valence-corrected chi connectivity index (χ3v) is 5.90. The average Bonchev–Trinajstić information content (AvgIpc) is 2.13. The van der Waals surface area contributed by atoms with Gasteiger partial charge in [-0.15, -0.1) is 0 Å². The molecule has 88 valence electrons. The van der Waals surface area contributed by atoms with E-state index in [-0.39, 0.29) is 36.1 Å². The smallest absolute Gasteiger partial charge is 0.848 e. The summed E-state index contributed by atoms with van der Waals surface area (Å²) < 4.78 is 0. The van der Waals surface area contributed by atoms with Crippen molar-refractivity contribution in [2.45, 2.75) is 58.0 Å². The Balaban J connectivity index is 0.00000108. The van der Waals surface area contributed by atoms with E-state index in [2.05, 4.69) is 19.9 Å². The van der Waals surface area contributed by atoms with Gasteiger partial charge in [0.1, 0.15) is 0 Å². The minimum Gasteiger partial charge on any atom is -0.848 e. The van der Waals surface area contributed by atoms with Crippen molar-refractivity contribution in [3.05, 3.63) is 0 Å². The maximum absolute atomic E-state index is 13.3. The Hall–Kier alpha value is 0.0474. The number of nitriles is 1. The van der Waals surface area contributed by atoms with Crippen LogP contribution >= 0.6 is 0 Å². The van der Waals surface area contributed by atoms with Gasteiger partial charge < -0.3 is 5.11 Å². The Bertz CT molecular complexity index is 337. The van der Waals surface area contributed by atoms with E-state index in [1.54, 1.807) is 0 Å². The topological polar surface area (TPSA) is 46.8 Å². The van der Waals surface area contributed by atoms with Gasteiger partial charge >= 0.3 is 18.9 Å². The van der Waals surface area contributed by atoms with Gasteiger partial charge in [-0.3, -0.25) is 0 Å². The van der Waals surface area contributed by atoms with Crippen LogP contribution in [0.2, 0.25) is 0 Å². The molecule has 0 radical (unpaired) electrons. The zero-order chi connectivity index (χ0) is 11.6. The van der Waals surface area contributed by atoms with Gasteiger partial charge in [0.2, 0.25) is 0 Å². The summed E-state index contributed by atoms with van der Waals surface area (Å²) in [6.45, 7) is 4.32. The van der Waals surface area contributed by atoms with E-state index in [1.807, 2.05) is 0 Å². The molecule has 4 aliphatic rings. The summed E-state index contributed by atoms with van der Waals surface area (Å²) >= 11 is 0. The standard InChI is InChI=1S/C14H20NO.Li/c1-12-6-10-5-11(7-12)9-13(2,8-10)14(12,16)3-4-15;/h10-11H,3,5-9H2,1-2H3;/q-1;+1. The summed E-state index contributed by atoms with van der Waals surface area (Å²) in [6, 6.07) is 2.17. The Labute approximate surface area is 116 Å². The van der Waals surface area contributed by atoms with Gasteiger partial charge in [0.05, 0.1) is 6.07 Å². The second-order valence-electron chi connectivity index (χ2n) is 7.07. The van der Waals surface area contributed by atoms with Gasteiger partial charge in [0.15, 0.2) is 0 Å². The molecule has 0 atom stereocenters. The first-order chi connectivity index (χ1) is 7.42. The van der Waals surface area contributed by atoms with Crippen LogP contribution in [-0.2, 0) is 0 Å². The molecule has 0 aromatic heterocycles.